The van der Waals surface area contributed by atoms with Gasteiger partial charge >= 0.3 is 12.1 Å². The topological polar surface area (TPSA) is 88.5 Å². The largest absolute Gasteiger partial charge is 0.480 e. The van der Waals surface area contributed by atoms with Crippen molar-refractivity contribution < 1.29 is 32.6 Å². The van der Waals surface area contributed by atoms with Crippen LogP contribution in [0.15, 0.2) is 42.6 Å². The number of hydrogen-bond acceptors (Lipinski definition) is 4. The molecule has 0 bridgehead atoms. The minimum absolute atomic E-state index is 0.0333. The van der Waals surface area contributed by atoms with E-state index in [1.54, 1.807) is 0 Å². The Balaban J connectivity index is 2.02. The molecular formula is C18H17F3N2O4. The number of carboxylic acids is 1. The normalized spacial score (nSPS) is 12.3. The number of alkyl halides is 3. The molecule has 0 aliphatic heterocycles. The molecule has 1 amide bonds. The molecule has 2 rings (SSSR count). The standard InChI is InChI=1S/C18H17F3N2O4/c1-2-3-14(17(25)26)23-16(24)11-4-7-13(8-5-11)27-15-9-6-12(10-22-15)18(19,20)21/h4-10,14H,2-3H2,1H3,(H,23,24)(H,25,26). The van der Waals surface area contributed by atoms with Gasteiger partial charge in [0, 0.05) is 17.8 Å². The first kappa shape index (κ1) is 20.2. The van der Waals surface area contributed by atoms with Crippen LogP contribution in [0.2, 0.25) is 0 Å². The van der Waals surface area contributed by atoms with E-state index in [0.717, 1.165) is 12.1 Å². The van der Waals surface area contributed by atoms with E-state index in [2.05, 4.69) is 10.3 Å². The molecule has 0 aliphatic carbocycles. The van der Waals surface area contributed by atoms with Gasteiger partial charge in [-0.2, -0.15) is 13.2 Å². The molecule has 1 aromatic heterocycles. The van der Waals surface area contributed by atoms with Crippen molar-refractivity contribution in [2.75, 3.05) is 0 Å². The summed E-state index contributed by atoms with van der Waals surface area (Å²) in [5.74, 6) is -1.43. The van der Waals surface area contributed by atoms with Gasteiger partial charge in [0.2, 0.25) is 5.88 Å². The number of carbonyl (C=O) groups excluding carboxylic acids is 1. The van der Waals surface area contributed by atoms with Crippen molar-refractivity contribution in [1.82, 2.24) is 10.3 Å². The van der Waals surface area contributed by atoms with Crippen LogP contribution >= 0.6 is 0 Å². The van der Waals surface area contributed by atoms with E-state index in [9.17, 15) is 22.8 Å². The summed E-state index contributed by atoms with van der Waals surface area (Å²) < 4.78 is 42.8. The molecule has 9 heteroatoms. The van der Waals surface area contributed by atoms with Crippen LogP contribution in [-0.4, -0.2) is 28.0 Å². The van der Waals surface area contributed by atoms with E-state index in [0.29, 0.717) is 19.0 Å². The fourth-order valence-corrected chi connectivity index (χ4v) is 2.19. The van der Waals surface area contributed by atoms with Gasteiger partial charge in [-0.15, -0.1) is 0 Å². The van der Waals surface area contributed by atoms with Crippen LogP contribution < -0.4 is 10.1 Å². The Morgan fingerprint density at radius 3 is 2.33 bits per heavy atom. The number of nitrogens with one attached hydrogen (secondary N) is 1. The molecule has 144 valence electrons. The Morgan fingerprint density at radius 2 is 1.85 bits per heavy atom. The second kappa shape index (κ2) is 8.52. The van der Waals surface area contributed by atoms with Crippen LogP contribution in [0.25, 0.3) is 0 Å². The Kier molecular flexibility index (Phi) is 6.38. The van der Waals surface area contributed by atoms with E-state index in [1.807, 2.05) is 6.92 Å². The highest BCUT2D eigenvalue weighted by Crippen LogP contribution is 2.30. The van der Waals surface area contributed by atoms with E-state index in [-0.39, 0.29) is 17.2 Å². The second-order valence-electron chi connectivity index (χ2n) is 5.66. The molecule has 1 unspecified atom stereocenters. The van der Waals surface area contributed by atoms with E-state index < -0.39 is 29.7 Å². The van der Waals surface area contributed by atoms with Crippen molar-refractivity contribution in [1.29, 1.82) is 0 Å². The molecule has 0 fully saturated rings. The summed E-state index contributed by atoms with van der Waals surface area (Å²) in [5.41, 5.74) is -0.660. The van der Waals surface area contributed by atoms with Gasteiger partial charge in [0.25, 0.3) is 5.91 Å². The zero-order chi connectivity index (χ0) is 20.0. The number of carbonyl (C=O) groups is 2. The number of halogens is 3. The van der Waals surface area contributed by atoms with Gasteiger partial charge in [-0.05, 0) is 36.8 Å². The molecule has 6 nitrogen and oxygen atoms in total. The lowest BCUT2D eigenvalue weighted by Crippen LogP contribution is -2.40. The smallest absolute Gasteiger partial charge is 0.417 e. The molecule has 0 saturated carbocycles. The molecule has 0 saturated heterocycles. The first-order valence-corrected chi connectivity index (χ1v) is 8.05. The first-order chi connectivity index (χ1) is 12.7. The SMILES string of the molecule is CCCC(NC(=O)c1ccc(Oc2ccc(C(F)(F)F)cn2)cc1)C(=O)O. The van der Waals surface area contributed by atoms with Crippen molar-refractivity contribution in [3.05, 3.63) is 53.7 Å². The van der Waals surface area contributed by atoms with Crippen molar-refractivity contribution in [2.45, 2.75) is 32.0 Å². The molecule has 0 radical (unpaired) electrons. The average molecular weight is 382 g/mol. The lowest BCUT2D eigenvalue weighted by molar-refractivity contribution is -0.139. The lowest BCUT2D eigenvalue weighted by atomic mass is 10.1. The fraction of sp³-hybridized carbons (Fsp3) is 0.278. The number of aromatic nitrogens is 1. The maximum atomic E-state index is 12.5. The molecule has 1 heterocycles. The average Bonchev–Trinajstić information content (AvgIpc) is 2.61. The maximum absolute atomic E-state index is 12.5. The highest BCUT2D eigenvalue weighted by molar-refractivity contribution is 5.96. The zero-order valence-electron chi connectivity index (χ0n) is 14.3. The molecule has 2 N–H and O–H groups in total. The minimum atomic E-state index is -4.48. The van der Waals surface area contributed by atoms with E-state index >= 15 is 0 Å². The number of hydrogen-bond donors (Lipinski definition) is 2. The Bertz CT molecular complexity index is 790. The monoisotopic (exact) mass is 382 g/mol. The Hall–Kier alpha value is -3.10. The molecule has 2 aromatic rings. The quantitative estimate of drug-likeness (QED) is 0.759. The number of benzene rings is 1. The first-order valence-electron chi connectivity index (χ1n) is 8.05. The third-order valence-electron chi connectivity index (χ3n) is 3.58. The summed E-state index contributed by atoms with van der Waals surface area (Å²) in [5, 5.41) is 11.5. The van der Waals surface area contributed by atoms with Crippen LogP contribution in [0.4, 0.5) is 13.2 Å². The fourth-order valence-electron chi connectivity index (χ4n) is 2.19. The summed E-state index contributed by atoms with van der Waals surface area (Å²) in [7, 11) is 0. The predicted molar refractivity (Wildman–Crippen MR) is 89.6 cm³/mol. The van der Waals surface area contributed by atoms with Crippen molar-refractivity contribution in [3.8, 4) is 11.6 Å². The van der Waals surface area contributed by atoms with Crippen LogP contribution in [0.1, 0.15) is 35.7 Å². The van der Waals surface area contributed by atoms with Crippen molar-refractivity contribution in [2.24, 2.45) is 0 Å². The number of ether oxygens (including phenoxy) is 1. The summed E-state index contributed by atoms with van der Waals surface area (Å²) >= 11 is 0. The van der Waals surface area contributed by atoms with Crippen molar-refractivity contribution >= 4 is 11.9 Å². The predicted octanol–water partition coefficient (Wildman–Crippen LogP) is 3.88. The minimum Gasteiger partial charge on any atom is -0.480 e. The lowest BCUT2D eigenvalue weighted by Gasteiger charge is -2.13. The van der Waals surface area contributed by atoms with Gasteiger partial charge in [0.1, 0.15) is 11.8 Å². The Labute approximate surface area is 153 Å². The van der Waals surface area contributed by atoms with Gasteiger partial charge in [0.05, 0.1) is 5.56 Å². The summed E-state index contributed by atoms with van der Waals surface area (Å²) in [6.45, 7) is 1.81. The summed E-state index contributed by atoms with van der Waals surface area (Å²) in [6.07, 6.45) is -2.91. The molecule has 27 heavy (non-hydrogen) atoms. The highest BCUT2D eigenvalue weighted by Gasteiger charge is 2.30. The second-order valence-corrected chi connectivity index (χ2v) is 5.66. The van der Waals surface area contributed by atoms with E-state index in [1.165, 1.54) is 24.3 Å². The van der Waals surface area contributed by atoms with Gasteiger partial charge in [0.15, 0.2) is 0 Å². The number of rotatable bonds is 7. The third kappa shape index (κ3) is 5.70. The van der Waals surface area contributed by atoms with Crippen molar-refractivity contribution in [3.63, 3.8) is 0 Å². The van der Waals surface area contributed by atoms with E-state index in [4.69, 9.17) is 9.84 Å². The number of amides is 1. The van der Waals surface area contributed by atoms with Crippen LogP contribution in [0.3, 0.4) is 0 Å². The molecular weight excluding hydrogens is 365 g/mol. The van der Waals surface area contributed by atoms with Crippen LogP contribution in [0, 0.1) is 0 Å². The zero-order valence-corrected chi connectivity index (χ0v) is 14.3. The third-order valence-corrected chi connectivity index (χ3v) is 3.58. The Morgan fingerprint density at radius 1 is 1.19 bits per heavy atom. The number of carboxylic acid groups (broad SMARTS) is 1. The number of pyridine rings is 1. The maximum Gasteiger partial charge on any atom is 0.417 e. The van der Waals surface area contributed by atoms with Crippen LogP contribution in [0.5, 0.6) is 11.6 Å². The van der Waals surface area contributed by atoms with Gasteiger partial charge < -0.3 is 15.2 Å². The van der Waals surface area contributed by atoms with Gasteiger partial charge in [-0.3, -0.25) is 4.79 Å². The highest BCUT2D eigenvalue weighted by atomic mass is 19.4. The van der Waals surface area contributed by atoms with Gasteiger partial charge in [-0.1, -0.05) is 13.3 Å². The molecule has 1 aromatic carbocycles. The molecule has 0 aliphatic rings. The summed E-state index contributed by atoms with van der Waals surface area (Å²) in [6, 6.07) is 6.66. The number of aliphatic carboxylic acids is 1. The van der Waals surface area contributed by atoms with Gasteiger partial charge in [-0.25, -0.2) is 9.78 Å². The van der Waals surface area contributed by atoms with Crippen LogP contribution in [-0.2, 0) is 11.0 Å². The molecule has 0 spiro atoms. The molecule has 1 atom stereocenters. The number of nitrogens with zero attached hydrogens (tertiary/aromatic N) is 1. The summed E-state index contributed by atoms with van der Waals surface area (Å²) in [4.78, 5) is 26.8.